The van der Waals surface area contributed by atoms with Crippen LogP contribution in [0.3, 0.4) is 0 Å². The van der Waals surface area contributed by atoms with Gasteiger partial charge in [-0.3, -0.25) is 4.79 Å². The van der Waals surface area contributed by atoms with Crippen LogP contribution in [0.5, 0.6) is 0 Å². The van der Waals surface area contributed by atoms with Gasteiger partial charge in [-0.2, -0.15) is 0 Å². The van der Waals surface area contributed by atoms with E-state index in [2.05, 4.69) is 14.9 Å². The van der Waals surface area contributed by atoms with E-state index in [0.717, 1.165) is 19.4 Å². The van der Waals surface area contributed by atoms with Crippen LogP contribution in [-0.4, -0.2) is 22.5 Å². The highest BCUT2D eigenvalue weighted by Gasteiger charge is 2.15. The van der Waals surface area contributed by atoms with Crippen LogP contribution < -0.4 is 5.32 Å². The largest absolute Gasteiger partial charge is 0.359 e. The minimum absolute atomic E-state index is 0.0910. The van der Waals surface area contributed by atoms with E-state index in [-0.39, 0.29) is 5.91 Å². The maximum Gasteiger partial charge on any atom is 0.221 e. The molecule has 1 aromatic heterocycles. The van der Waals surface area contributed by atoms with Gasteiger partial charge in [-0.25, -0.2) is 4.98 Å². The molecule has 0 fully saturated rings. The molecule has 0 radical (unpaired) electrons. The van der Waals surface area contributed by atoms with Crippen LogP contribution in [0, 0.1) is 0 Å². The van der Waals surface area contributed by atoms with E-state index in [4.69, 9.17) is 0 Å². The molecule has 4 heteroatoms. The average Bonchev–Trinajstić information content (AvgIpc) is 2.69. The summed E-state index contributed by atoms with van der Waals surface area (Å²) in [6.45, 7) is 0.752. The van der Waals surface area contributed by atoms with Crippen LogP contribution >= 0.6 is 0 Å². The van der Waals surface area contributed by atoms with Gasteiger partial charge >= 0.3 is 0 Å². The summed E-state index contributed by atoms with van der Waals surface area (Å²) in [6, 6.07) is 0. The molecule has 0 saturated carbocycles. The third kappa shape index (κ3) is 2.19. The Bertz CT molecular complexity index is 357. The molecular weight excluding hydrogens is 190 g/mol. The lowest BCUT2D eigenvalue weighted by Crippen LogP contribution is -2.20. The van der Waals surface area contributed by atoms with Gasteiger partial charge in [0.1, 0.15) is 0 Å². The maximum absolute atomic E-state index is 11.1. The summed E-state index contributed by atoms with van der Waals surface area (Å²) in [6.07, 6.45) is 7.13. The minimum atomic E-state index is 0.0910. The lowest BCUT2D eigenvalue weighted by atomic mass is 10.0. The van der Waals surface area contributed by atoms with Crippen molar-refractivity contribution in [2.45, 2.75) is 38.6 Å². The van der Waals surface area contributed by atoms with E-state index in [1.54, 1.807) is 7.05 Å². The molecule has 0 bridgehead atoms. The molecule has 15 heavy (non-hydrogen) atoms. The van der Waals surface area contributed by atoms with Gasteiger partial charge in [0, 0.05) is 25.7 Å². The molecule has 4 nitrogen and oxygen atoms in total. The molecule has 1 aliphatic carbocycles. The second-order valence-corrected chi connectivity index (χ2v) is 3.96. The minimum Gasteiger partial charge on any atom is -0.359 e. The Morgan fingerprint density at radius 3 is 3.13 bits per heavy atom. The monoisotopic (exact) mass is 207 g/mol. The lowest BCUT2D eigenvalue weighted by Gasteiger charge is -2.13. The topological polar surface area (TPSA) is 46.9 Å². The van der Waals surface area contributed by atoms with E-state index < -0.39 is 0 Å². The van der Waals surface area contributed by atoms with E-state index in [1.165, 1.54) is 24.2 Å². The Balaban J connectivity index is 2.02. The Morgan fingerprint density at radius 1 is 1.53 bits per heavy atom. The van der Waals surface area contributed by atoms with Crippen LogP contribution in [0.2, 0.25) is 0 Å². The first kappa shape index (κ1) is 10.2. The van der Waals surface area contributed by atoms with E-state index >= 15 is 0 Å². The molecule has 2 rings (SSSR count). The summed E-state index contributed by atoms with van der Waals surface area (Å²) in [5.41, 5.74) is 2.57. The van der Waals surface area contributed by atoms with E-state index in [1.807, 2.05) is 6.33 Å². The number of carbonyl (C=O) groups is 1. The van der Waals surface area contributed by atoms with Crippen LogP contribution in [0.15, 0.2) is 6.33 Å². The number of hydrogen-bond acceptors (Lipinski definition) is 2. The SMILES string of the molecule is CNC(=O)CCn1cnc2c1CCCC2. The van der Waals surface area contributed by atoms with Gasteiger partial charge in [0.25, 0.3) is 0 Å². The number of carbonyl (C=O) groups excluding carboxylic acids is 1. The van der Waals surface area contributed by atoms with E-state index in [0.29, 0.717) is 6.42 Å². The molecule has 1 N–H and O–H groups in total. The number of nitrogens with zero attached hydrogens (tertiary/aromatic N) is 2. The molecule has 1 amide bonds. The highest BCUT2D eigenvalue weighted by molar-refractivity contribution is 5.75. The quantitative estimate of drug-likeness (QED) is 0.800. The van der Waals surface area contributed by atoms with Crippen molar-refractivity contribution >= 4 is 5.91 Å². The molecule has 0 unspecified atom stereocenters. The first-order valence-electron chi connectivity index (χ1n) is 5.54. The Labute approximate surface area is 89.7 Å². The summed E-state index contributed by atoms with van der Waals surface area (Å²) in [5.74, 6) is 0.0910. The highest BCUT2D eigenvalue weighted by Crippen LogP contribution is 2.19. The van der Waals surface area contributed by atoms with Crippen molar-refractivity contribution in [3.8, 4) is 0 Å². The maximum atomic E-state index is 11.1. The lowest BCUT2D eigenvalue weighted by molar-refractivity contribution is -0.120. The number of aryl methyl sites for hydroxylation is 2. The van der Waals surface area contributed by atoms with Crippen molar-refractivity contribution in [1.29, 1.82) is 0 Å². The van der Waals surface area contributed by atoms with Gasteiger partial charge in [-0.1, -0.05) is 0 Å². The Morgan fingerprint density at radius 2 is 2.33 bits per heavy atom. The number of rotatable bonds is 3. The molecule has 0 spiro atoms. The normalized spacial score (nSPS) is 14.7. The van der Waals surface area contributed by atoms with Crippen molar-refractivity contribution in [2.75, 3.05) is 7.05 Å². The van der Waals surface area contributed by atoms with Crippen LogP contribution in [0.25, 0.3) is 0 Å². The van der Waals surface area contributed by atoms with Crippen molar-refractivity contribution in [2.24, 2.45) is 0 Å². The molecular formula is C11H17N3O. The summed E-state index contributed by atoms with van der Waals surface area (Å²) >= 11 is 0. The second kappa shape index (κ2) is 4.47. The van der Waals surface area contributed by atoms with E-state index in [9.17, 15) is 4.79 Å². The highest BCUT2D eigenvalue weighted by atomic mass is 16.1. The summed E-state index contributed by atoms with van der Waals surface area (Å²) in [5, 5.41) is 2.63. The predicted octanol–water partition coefficient (Wildman–Crippen LogP) is 0.898. The summed E-state index contributed by atoms with van der Waals surface area (Å²) in [7, 11) is 1.67. The molecule has 1 aliphatic rings. The smallest absolute Gasteiger partial charge is 0.221 e. The number of hydrogen-bond donors (Lipinski definition) is 1. The molecule has 1 aromatic rings. The van der Waals surface area contributed by atoms with Crippen molar-refractivity contribution in [1.82, 2.24) is 14.9 Å². The standard InChI is InChI=1S/C11H17N3O/c1-12-11(15)6-7-14-8-13-9-4-2-3-5-10(9)14/h8H,2-7H2,1H3,(H,12,15). The predicted molar refractivity (Wildman–Crippen MR) is 57.6 cm³/mol. The molecule has 0 saturated heterocycles. The zero-order valence-corrected chi connectivity index (χ0v) is 9.12. The molecule has 1 heterocycles. The van der Waals surface area contributed by atoms with Crippen molar-refractivity contribution in [3.05, 3.63) is 17.7 Å². The first-order chi connectivity index (χ1) is 7.31. The molecule has 0 aromatic carbocycles. The molecule has 82 valence electrons. The number of nitrogens with one attached hydrogen (secondary N) is 1. The number of amides is 1. The van der Waals surface area contributed by atoms with Crippen molar-refractivity contribution in [3.63, 3.8) is 0 Å². The fourth-order valence-electron chi connectivity index (χ4n) is 2.07. The second-order valence-electron chi connectivity index (χ2n) is 3.96. The van der Waals surface area contributed by atoms with Crippen LogP contribution in [0.1, 0.15) is 30.7 Å². The van der Waals surface area contributed by atoms with Crippen LogP contribution in [-0.2, 0) is 24.2 Å². The third-order valence-corrected chi connectivity index (χ3v) is 2.97. The Hall–Kier alpha value is -1.32. The number of aromatic nitrogens is 2. The Kier molecular flexibility index (Phi) is 3.04. The van der Waals surface area contributed by atoms with Gasteiger partial charge in [0.05, 0.1) is 12.0 Å². The fourth-order valence-corrected chi connectivity index (χ4v) is 2.07. The summed E-state index contributed by atoms with van der Waals surface area (Å²) < 4.78 is 2.13. The number of fused-ring (bicyclic) bond motifs is 1. The number of imidazole rings is 1. The average molecular weight is 207 g/mol. The van der Waals surface area contributed by atoms with Gasteiger partial charge in [0.2, 0.25) is 5.91 Å². The molecule has 0 aliphatic heterocycles. The van der Waals surface area contributed by atoms with Gasteiger partial charge in [-0.05, 0) is 25.7 Å². The fraction of sp³-hybridized carbons (Fsp3) is 0.636. The van der Waals surface area contributed by atoms with Crippen molar-refractivity contribution < 1.29 is 4.79 Å². The van der Waals surface area contributed by atoms with Crippen LogP contribution in [0.4, 0.5) is 0 Å². The third-order valence-electron chi connectivity index (χ3n) is 2.97. The zero-order chi connectivity index (χ0) is 10.7. The zero-order valence-electron chi connectivity index (χ0n) is 9.12. The van der Waals surface area contributed by atoms with Gasteiger partial charge in [-0.15, -0.1) is 0 Å². The summed E-state index contributed by atoms with van der Waals surface area (Å²) in [4.78, 5) is 15.5. The molecule has 0 atom stereocenters. The van der Waals surface area contributed by atoms with Gasteiger partial charge < -0.3 is 9.88 Å². The first-order valence-corrected chi connectivity index (χ1v) is 5.54. The van der Waals surface area contributed by atoms with Gasteiger partial charge in [0.15, 0.2) is 0 Å².